The third-order valence-electron chi connectivity index (χ3n) is 6.28. The summed E-state index contributed by atoms with van der Waals surface area (Å²) in [6, 6.07) is 6.31. The van der Waals surface area contributed by atoms with Crippen molar-refractivity contribution in [2.45, 2.75) is 45.4 Å². The Kier molecular flexibility index (Phi) is 9.51. The van der Waals surface area contributed by atoms with Gasteiger partial charge in [-0.2, -0.15) is 0 Å². The smallest absolute Gasteiger partial charge is 0.232 e. The van der Waals surface area contributed by atoms with Crippen LogP contribution in [0.15, 0.2) is 28.8 Å². The maximum absolute atomic E-state index is 13.6. The second-order valence-electron chi connectivity index (χ2n) is 9.84. The molecule has 2 aromatic rings. The van der Waals surface area contributed by atoms with Crippen molar-refractivity contribution in [1.82, 2.24) is 10.1 Å². The number of hydrogen-bond donors (Lipinski definition) is 1. The highest BCUT2D eigenvalue weighted by atomic mass is 19.1. The summed E-state index contributed by atoms with van der Waals surface area (Å²) < 4.78 is 36.6. The van der Waals surface area contributed by atoms with E-state index in [2.05, 4.69) is 28.8 Å². The predicted octanol–water partition coefficient (Wildman–Crippen LogP) is 3.33. The lowest BCUT2D eigenvalue weighted by Gasteiger charge is -2.30. The van der Waals surface area contributed by atoms with E-state index in [4.69, 9.17) is 18.7 Å². The Hall–Kier alpha value is -2.04. The third kappa shape index (κ3) is 7.47. The van der Waals surface area contributed by atoms with Crippen LogP contribution in [0.3, 0.4) is 0 Å². The summed E-state index contributed by atoms with van der Waals surface area (Å²) in [6.07, 6.45) is 1.54. The average molecular weight is 492 g/mol. The van der Waals surface area contributed by atoms with Crippen LogP contribution in [0.1, 0.15) is 32.3 Å². The molecule has 35 heavy (non-hydrogen) atoms. The van der Waals surface area contributed by atoms with E-state index in [-0.39, 0.29) is 18.5 Å². The molecule has 3 heterocycles. The number of aromatic nitrogens is 1. The summed E-state index contributed by atoms with van der Waals surface area (Å²) in [7, 11) is 0. The van der Waals surface area contributed by atoms with E-state index in [1.54, 1.807) is 12.1 Å². The van der Waals surface area contributed by atoms with Crippen LogP contribution in [0.4, 0.5) is 10.3 Å². The number of ether oxygens (including phenoxy) is 3. The summed E-state index contributed by atoms with van der Waals surface area (Å²) in [6.45, 7) is 10.2. The largest absolute Gasteiger partial charge is 0.389 e. The number of anilines is 1. The maximum atomic E-state index is 13.6. The standard InChI is InChI=1S/C26H38FN3O5/c1-19(2)17-33-18-22(31)14-29(15-23-4-3-11-34-23)16-24-25(20-5-7-21(27)8-6-20)28-35-26(24)30-9-12-32-13-10-30/h5-8,19,22-23,31H,3-4,9-18H2,1-2H3. The first kappa shape index (κ1) is 26.0. The number of rotatable bonds is 12. The van der Waals surface area contributed by atoms with Gasteiger partial charge < -0.3 is 28.7 Å². The Morgan fingerprint density at radius 2 is 1.94 bits per heavy atom. The molecule has 2 atom stereocenters. The summed E-state index contributed by atoms with van der Waals surface area (Å²) >= 11 is 0. The maximum Gasteiger partial charge on any atom is 0.232 e. The second-order valence-corrected chi connectivity index (χ2v) is 9.84. The summed E-state index contributed by atoms with van der Waals surface area (Å²) in [5, 5.41) is 15.2. The quantitative estimate of drug-likeness (QED) is 0.484. The van der Waals surface area contributed by atoms with Gasteiger partial charge in [-0.05, 0) is 43.0 Å². The first-order valence-corrected chi connectivity index (χ1v) is 12.7. The van der Waals surface area contributed by atoms with Crippen LogP contribution in [0.25, 0.3) is 11.3 Å². The molecule has 1 aromatic heterocycles. The Labute approximate surface area is 206 Å². The number of aliphatic hydroxyl groups excluding tert-OH is 1. The lowest BCUT2D eigenvalue weighted by Crippen LogP contribution is -2.40. The molecule has 0 aliphatic carbocycles. The summed E-state index contributed by atoms with van der Waals surface area (Å²) in [5.41, 5.74) is 2.41. The number of halogens is 1. The lowest BCUT2D eigenvalue weighted by molar-refractivity contribution is -0.00389. The van der Waals surface area contributed by atoms with Gasteiger partial charge in [0.05, 0.1) is 37.6 Å². The highest BCUT2D eigenvalue weighted by Gasteiger charge is 2.28. The average Bonchev–Trinajstić information content (AvgIpc) is 3.50. The number of hydrogen-bond acceptors (Lipinski definition) is 8. The SMILES string of the molecule is CC(C)COCC(O)CN(Cc1c(-c2ccc(F)cc2)noc1N1CCOCC1)CC1CCCO1. The van der Waals surface area contributed by atoms with Crippen LogP contribution in [0.5, 0.6) is 0 Å². The minimum absolute atomic E-state index is 0.125. The second kappa shape index (κ2) is 12.8. The van der Waals surface area contributed by atoms with E-state index in [0.717, 1.165) is 30.6 Å². The van der Waals surface area contributed by atoms with E-state index in [1.165, 1.54) is 12.1 Å². The normalized spacial score (nSPS) is 19.7. The number of nitrogens with zero attached hydrogens (tertiary/aromatic N) is 3. The van der Waals surface area contributed by atoms with Crippen molar-refractivity contribution in [1.29, 1.82) is 0 Å². The van der Waals surface area contributed by atoms with Crippen LogP contribution < -0.4 is 4.90 Å². The third-order valence-corrected chi connectivity index (χ3v) is 6.28. The van der Waals surface area contributed by atoms with Gasteiger partial charge in [0, 0.05) is 51.5 Å². The predicted molar refractivity (Wildman–Crippen MR) is 131 cm³/mol. The molecule has 2 saturated heterocycles. The van der Waals surface area contributed by atoms with Gasteiger partial charge in [0.1, 0.15) is 11.5 Å². The van der Waals surface area contributed by atoms with Crippen molar-refractivity contribution in [3.63, 3.8) is 0 Å². The number of benzene rings is 1. The zero-order chi connectivity index (χ0) is 24.6. The molecule has 0 spiro atoms. The molecule has 1 N–H and O–H groups in total. The Morgan fingerprint density at radius 3 is 2.63 bits per heavy atom. The van der Waals surface area contributed by atoms with Gasteiger partial charge in [0.2, 0.25) is 5.88 Å². The van der Waals surface area contributed by atoms with Crippen molar-refractivity contribution < 1.29 is 28.2 Å². The molecule has 0 radical (unpaired) electrons. The van der Waals surface area contributed by atoms with Crippen LogP contribution in [-0.2, 0) is 20.8 Å². The van der Waals surface area contributed by atoms with E-state index < -0.39 is 6.10 Å². The Balaban J connectivity index is 1.57. The van der Waals surface area contributed by atoms with Crippen LogP contribution in [0.2, 0.25) is 0 Å². The molecule has 9 heteroatoms. The van der Waals surface area contributed by atoms with E-state index in [0.29, 0.717) is 70.0 Å². The van der Waals surface area contributed by atoms with Crippen LogP contribution in [0, 0.1) is 11.7 Å². The number of aliphatic hydroxyl groups is 1. The fourth-order valence-electron chi connectivity index (χ4n) is 4.59. The van der Waals surface area contributed by atoms with Crippen molar-refractivity contribution in [3.05, 3.63) is 35.6 Å². The highest BCUT2D eigenvalue weighted by molar-refractivity contribution is 5.68. The van der Waals surface area contributed by atoms with Gasteiger partial charge in [0.15, 0.2) is 0 Å². The molecular weight excluding hydrogens is 453 g/mol. The molecule has 1 aromatic carbocycles. The van der Waals surface area contributed by atoms with Crippen molar-refractivity contribution in [2.75, 3.05) is 64.1 Å². The first-order chi connectivity index (χ1) is 17.0. The molecule has 4 rings (SSSR count). The van der Waals surface area contributed by atoms with Crippen LogP contribution in [-0.4, -0.2) is 86.6 Å². The van der Waals surface area contributed by atoms with Gasteiger partial charge in [-0.15, -0.1) is 0 Å². The molecule has 0 amide bonds. The molecule has 2 fully saturated rings. The van der Waals surface area contributed by atoms with Gasteiger partial charge >= 0.3 is 0 Å². The Morgan fingerprint density at radius 1 is 1.17 bits per heavy atom. The summed E-state index contributed by atoms with van der Waals surface area (Å²) in [5.74, 6) is 0.823. The highest BCUT2D eigenvalue weighted by Crippen LogP contribution is 2.33. The molecule has 2 aliphatic heterocycles. The molecular formula is C26H38FN3O5. The lowest BCUT2D eigenvalue weighted by atomic mass is 10.1. The molecule has 2 unspecified atom stereocenters. The van der Waals surface area contributed by atoms with Gasteiger partial charge in [-0.25, -0.2) is 4.39 Å². The zero-order valence-electron chi connectivity index (χ0n) is 20.8. The minimum atomic E-state index is -0.629. The molecule has 0 bridgehead atoms. The minimum Gasteiger partial charge on any atom is -0.389 e. The van der Waals surface area contributed by atoms with E-state index in [9.17, 15) is 9.50 Å². The van der Waals surface area contributed by atoms with E-state index in [1.807, 2.05) is 0 Å². The monoisotopic (exact) mass is 491 g/mol. The molecule has 2 aliphatic rings. The van der Waals surface area contributed by atoms with Crippen molar-refractivity contribution in [3.8, 4) is 11.3 Å². The number of morpholine rings is 1. The van der Waals surface area contributed by atoms with Crippen LogP contribution >= 0.6 is 0 Å². The van der Waals surface area contributed by atoms with Gasteiger partial charge in [-0.1, -0.05) is 19.0 Å². The summed E-state index contributed by atoms with van der Waals surface area (Å²) in [4.78, 5) is 4.34. The molecule has 0 saturated carbocycles. The van der Waals surface area contributed by atoms with Crippen molar-refractivity contribution >= 4 is 5.88 Å². The van der Waals surface area contributed by atoms with E-state index >= 15 is 0 Å². The Bertz CT molecular complexity index is 895. The fourth-order valence-corrected chi connectivity index (χ4v) is 4.59. The fraction of sp³-hybridized carbons (Fsp3) is 0.654. The zero-order valence-corrected chi connectivity index (χ0v) is 20.8. The van der Waals surface area contributed by atoms with Gasteiger partial charge in [-0.3, -0.25) is 4.90 Å². The molecule has 8 nitrogen and oxygen atoms in total. The van der Waals surface area contributed by atoms with Gasteiger partial charge in [0.25, 0.3) is 0 Å². The topological polar surface area (TPSA) is 80.4 Å². The molecule has 194 valence electrons. The van der Waals surface area contributed by atoms with Crippen molar-refractivity contribution in [2.24, 2.45) is 5.92 Å². The first-order valence-electron chi connectivity index (χ1n) is 12.7.